The fourth-order valence-electron chi connectivity index (χ4n) is 2.33. The van der Waals surface area contributed by atoms with Gasteiger partial charge in [-0.25, -0.2) is 18.1 Å². The summed E-state index contributed by atoms with van der Waals surface area (Å²) in [6, 6.07) is 3.36. The fraction of sp³-hybridized carbons (Fsp3) is 0.615. The number of anilines is 1. The number of hydrogen-bond acceptors (Lipinski definition) is 4. The average Bonchev–Trinajstić information content (AvgIpc) is 2.40. The van der Waals surface area contributed by atoms with E-state index in [1.54, 1.807) is 12.1 Å². The standard InChI is InChI=1S/C13H21N3O2S/c1-2-14-13-9-8-12(10-15-13)19(17,18)16-11-6-4-3-5-7-11/h8-11,16H,2-7H2,1H3,(H,14,15). The Kier molecular flexibility index (Phi) is 4.76. The Hall–Kier alpha value is -1.14. The van der Waals surface area contributed by atoms with Crippen molar-refractivity contribution in [3.63, 3.8) is 0 Å². The number of rotatable bonds is 5. The van der Waals surface area contributed by atoms with Gasteiger partial charge in [-0.1, -0.05) is 19.3 Å². The second-order valence-corrected chi connectivity index (χ2v) is 6.58. The predicted octanol–water partition coefficient (Wildman–Crippen LogP) is 2.12. The van der Waals surface area contributed by atoms with E-state index in [0.29, 0.717) is 5.82 Å². The van der Waals surface area contributed by atoms with Crippen LogP contribution in [0.4, 0.5) is 5.82 Å². The molecule has 0 saturated heterocycles. The third kappa shape index (κ3) is 3.91. The monoisotopic (exact) mass is 283 g/mol. The first-order chi connectivity index (χ1) is 9.12. The third-order valence-corrected chi connectivity index (χ3v) is 4.84. The molecule has 1 fully saturated rings. The van der Waals surface area contributed by atoms with Crippen molar-refractivity contribution in [3.8, 4) is 0 Å². The molecule has 0 radical (unpaired) electrons. The lowest BCUT2D eigenvalue weighted by Crippen LogP contribution is -2.36. The Morgan fingerprint density at radius 3 is 2.58 bits per heavy atom. The van der Waals surface area contributed by atoms with Gasteiger partial charge in [-0.05, 0) is 31.9 Å². The van der Waals surface area contributed by atoms with Gasteiger partial charge in [0, 0.05) is 18.8 Å². The molecule has 1 aromatic rings. The van der Waals surface area contributed by atoms with Gasteiger partial charge < -0.3 is 5.32 Å². The van der Waals surface area contributed by atoms with Crippen LogP contribution in [0.3, 0.4) is 0 Å². The molecule has 2 N–H and O–H groups in total. The molecule has 1 aliphatic rings. The zero-order valence-electron chi connectivity index (χ0n) is 11.2. The van der Waals surface area contributed by atoms with Crippen molar-refractivity contribution in [2.75, 3.05) is 11.9 Å². The molecule has 0 aromatic carbocycles. The zero-order chi connectivity index (χ0) is 13.7. The second-order valence-electron chi connectivity index (χ2n) is 4.87. The molecule has 5 nitrogen and oxygen atoms in total. The molecule has 1 heterocycles. The van der Waals surface area contributed by atoms with Crippen LogP contribution in [0.2, 0.25) is 0 Å². The van der Waals surface area contributed by atoms with Crippen molar-refractivity contribution in [3.05, 3.63) is 18.3 Å². The highest BCUT2D eigenvalue weighted by Gasteiger charge is 2.21. The first-order valence-electron chi connectivity index (χ1n) is 6.84. The van der Waals surface area contributed by atoms with Gasteiger partial charge >= 0.3 is 0 Å². The minimum Gasteiger partial charge on any atom is -0.370 e. The molecular weight excluding hydrogens is 262 g/mol. The van der Waals surface area contributed by atoms with Crippen LogP contribution < -0.4 is 10.0 Å². The van der Waals surface area contributed by atoms with Crippen molar-refractivity contribution in [2.45, 2.75) is 50.0 Å². The quantitative estimate of drug-likeness (QED) is 0.868. The van der Waals surface area contributed by atoms with Crippen LogP contribution in [-0.2, 0) is 10.0 Å². The Balaban J connectivity index is 2.05. The molecule has 1 aliphatic carbocycles. The van der Waals surface area contributed by atoms with Crippen LogP contribution in [-0.4, -0.2) is 26.0 Å². The van der Waals surface area contributed by atoms with Crippen LogP contribution >= 0.6 is 0 Å². The normalized spacial score (nSPS) is 17.3. The van der Waals surface area contributed by atoms with Crippen molar-refractivity contribution in [2.24, 2.45) is 0 Å². The Morgan fingerprint density at radius 1 is 1.26 bits per heavy atom. The summed E-state index contributed by atoms with van der Waals surface area (Å²) in [5.41, 5.74) is 0. The van der Waals surface area contributed by atoms with Crippen molar-refractivity contribution in [1.29, 1.82) is 0 Å². The number of aromatic nitrogens is 1. The molecule has 106 valence electrons. The summed E-state index contributed by atoms with van der Waals surface area (Å²) >= 11 is 0. The van der Waals surface area contributed by atoms with Gasteiger partial charge in [-0.3, -0.25) is 0 Å². The number of sulfonamides is 1. The summed E-state index contributed by atoms with van der Waals surface area (Å²) in [6.45, 7) is 2.73. The topological polar surface area (TPSA) is 71.1 Å². The Bertz CT molecular complexity index is 493. The number of hydrogen-bond donors (Lipinski definition) is 2. The van der Waals surface area contributed by atoms with Gasteiger partial charge in [-0.15, -0.1) is 0 Å². The second kappa shape index (κ2) is 6.34. The van der Waals surface area contributed by atoms with Gasteiger partial charge in [0.25, 0.3) is 0 Å². The molecule has 0 bridgehead atoms. The predicted molar refractivity (Wildman–Crippen MR) is 75.6 cm³/mol. The van der Waals surface area contributed by atoms with E-state index in [1.165, 1.54) is 12.6 Å². The van der Waals surface area contributed by atoms with Crippen LogP contribution in [0.15, 0.2) is 23.2 Å². The molecule has 1 aromatic heterocycles. The summed E-state index contributed by atoms with van der Waals surface area (Å²) in [6.07, 6.45) is 6.68. The van der Waals surface area contributed by atoms with E-state index in [-0.39, 0.29) is 10.9 Å². The summed E-state index contributed by atoms with van der Waals surface area (Å²) in [4.78, 5) is 4.33. The van der Waals surface area contributed by atoms with E-state index in [0.717, 1.165) is 32.2 Å². The number of nitrogens with zero attached hydrogens (tertiary/aromatic N) is 1. The molecule has 6 heteroatoms. The fourth-order valence-corrected chi connectivity index (χ4v) is 3.58. The first kappa shape index (κ1) is 14.3. The molecule has 0 aliphatic heterocycles. The molecule has 1 saturated carbocycles. The minimum absolute atomic E-state index is 0.0761. The summed E-state index contributed by atoms with van der Waals surface area (Å²) in [7, 11) is -3.43. The Labute approximate surface area is 114 Å². The Morgan fingerprint density at radius 2 is 2.00 bits per heavy atom. The minimum atomic E-state index is -3.43. The molecule has 2 rings (SSSR count). The molecular formula is C13H21N3O2S. The van der Waals surface area contributed by atoms with E-state index in [9.17, 15) is 8.42 Å². The van der Waals surface area contributed by atoms with E-state index in [1.807, 2.05) is 6.92 Å². The van der Waals surface area contributed by atoms with Crippen LogP contribution in [0.1, 0.15) is 39.0 Å². The number of pyridine rings is 1. The SMILES string of the molecule is CCNc1ccc(S(=O)(=O)NC2CCCCC2)cn1. The smallest absolute Gasteiger partial charge is 0.242 e. The highest BCUT2D eigenvalue weighted by Crippen LogP contribution is 2.20. The lowest BCUT2D eigenvalue weighted by molar-refractivity contribution is 0.412. The highest BCUT2D eigenvalue weighted by atomic mass is 32.2. The molecule has 0 atom stereocenters. The molecule has 0 spiro atoms. The highest BCUT2D eigenvalue weighted by molar-refractivity contribution is 7.89. The lowest BCUT2D eigenvalue weighted by Gasteiger charge is -2.22. The number of nitrogens with one attached hydrogen (secondary N) is 2. The lowest BCUT2D eigenvalue weighted by atomic mass is 9.96. The van der Waals surface area contributed by atoms with Crippen LogP contribution in [0, 0.1) is 0 Å². The van der Waals surface area contributed by atoms with Gasteiger partial charge in [0.05, 0.1) is 0 Å². The van der Waals surface area contributed by atoms with Gasteiger partial charge in [-0.2, -0.15) is 0 Å². The van der Waals surface area contributed by atoms with E-state index >= 15 is 0 Å². The average molecular weight is 283 g/mol. The van der Waals surface area contributed by atoms with Gasteiger partial charge in [0.2, 0.25) is 10.0 Å². The van der Waals surface area contributed by atoms with Crippen molar-refractivity contribution in [1.82, 2.24) is 9.71 Å². The summed E-state index contributed by atoms with van der Waals surface area (Å²) in [5, 5.41) is 3.04. The van der Waals surface area contributed by atoms with Crippen LogP contribution in [0.5, 0.6) is 0 Å². The maximum atomic E-state index is 12.2. The van der Waals surface area contributed by atoms with E-state index < -0.39 is 10.0 Å². The summed E-state index contributed by atoms with van der Waals surface area (Å²) < 4.78 is 27.2. The van der Waals surface area contributed by atoms with E-state index in [2.05, 4.69) is 15.0 Å². The first-order valence-corrected chi connectivity index (χ1v) is 8.32. The van der Waals surface area contributed by atoms with Gasteiger partial charge in [0.15, 0.2) is 0 Å². The maximum absolute atomic E-state index is 12.2. The molecule has 19 heavy (non-hydrogen) atoms. The maximum Gasteiger partial charge on any atom is 0.242 e. The van der Waals surface area contributed by atoms with E-state index in [4.69, 9.17) is 0 Å². The zero-order valence-corrected chi connectivity index (χ0v) is 12.0. The van der Waals surface area contributed by atoms with Gasteiger partial charge in [0.1, 0.15) is 10.7 Å². The van der Waals surface area contributed by atoms with Crippen molar-refractivity contribution >= 4 is 15.8 Å². The molecule has 0 amide bonds. The molecule has 0 unspecified atom stereocenters. The largest absolute Gasteiger partial charge is 0.370 e. The third-order valence-electron chi connectivity index (χ3n) is 3.33. The summed E-state index contributed by atoms with van der Waals surface area (Å²) in [5.74, 6) is 0.694. The van der Waals surface area contributed by atoms with Crippen LogP contribution in [0.25, 0.3) is 0 Å². The van der Waals surface area contributed by atoms with Crippen molar-refractivity contribution < 1.29 is 8.42 Å².